The fraction of sp³-hybridized carbons (Fsp3) is 0.182. The van der Waals surface area contributed by atoms with Crippen LogP contribution < -0.4 is 14.8 Å². The molecule has 42 heavy (non-hydrogen) atoms. The van der Waals surface area contributed by atoms with E-state index in [1.165, 1.54) is 0 Å². The Bertz CT molecular complexity index is 1730. The monoisotopic (exact) mass is 644 g/mol. The standard InChI is InChI=1S/C33H29BrN2O5S/c1-4-40-28-15-24(27(34)17-29(28)41-19-23-10-7-9-22-8-5-6-11-26(22)23)16-30-32(38)36(33(39)42-30)18-31(37)35-25-13-12-20(2)21(3)14-25/h5-17H,4,18-19H2,1-3H3,(H,35,37)/b30-16-. The number of nitrogens with one attached hydrogen (secondary N) is 1. The second kappa shape index (κ2) is 12.8. The van der Waals surface area contributed by atoms with Gasteiger partial charge in [-0.15, -0.1) is 0 Å². The topological polar surface area (TPSA) is 84.9 Å². The molecule has 1 aliphatic rings. The van der Waals surface area contributed by atoms with E-state index in [-0.39, 0.29) is 11.4 Å². The van der Waals surface area contributed by atoms with Crippen LogP contribution >= 0.6 is 27.7 Å². The molecule has 214 valence electrons. The van der Waals surface area contributed by atoms with Gasteiger partial charge in [-0.25, -0.2) is 0 Å². The van der Waals surface area contributed by atoms with Gasteiger partial charge in [0, 0.05) is 10.2 Å². The molecule has 1 aliphatic heterocycles. The van der Waals surface area contributed by atoms with Crippen molar-refractivity contribution in [2.24, 2.45) is 0 Å². The third-order valence-corrected chi connectivity index (χ3v) is 8.47. The van der Waals surface area contributed by atoms with E-state index < -0.39 is 17.1 Å². The van der Waals surface area contributed by atoms with Gasteiger partial charge >= 0.3 is 0 Å². The smallest absolute Gasteiger partial charge is 0.294 e. The molecule has 0 spiro atoms. The number of thioether (sulfide) groups is 1. The average molecular weight is 646 g/mol. The number of carbonyl (C=O) groups is 3. The van der Waals surface area contributed by atoms with Crippen molar-refractivity contribution in [1.82, 2.24) is 4.90 Å². The van der Waals surface area contributed by atoms with Crippen LogP contribution in [0, 0.1) is 13.8 Å². The first kappa shape index (κ1) is 29.4. The number of hydrogen-bond donors (Lipinski definition) is 1. The van der Waals surface area contributed by atoms with E-state index in [0.717, 1.165) is 44.1 Å². The van der Waals surface area contributed by atoms with Crippen LogP contribution in [0.4, 0.5) is 10.5 Å². The molecule has 0 aromatic heterocycles. The van der Waals surface area contributed by atoms with E-state index in [1.54, 1.807) is 24.3 Å². The van der Waals surface area contributed by atoms with Crippen molar-refractivity contribution in [3.8, 4) is 11.5 Å². The van der Waals surface area contributed by atoms with E-state index in [2.05, 4.69) is 39.4 Å². The quantitative estimate of drug-likeness (QED) is 0.187. The van der Waals surface area contributed by atoms with E-state index in [1.807, 2.05) is 57.2 Å². The van der Waals surface area contributed by atoms with Gasteiger partial charge in [0.15, 0.2) is 11.5 Å². The van der Waals surface area contributed by atoms with Gasteiger partial charge in [-0.2, -0.15) is 0 Å². The number of benzene rings is 4. The Hall–Kier alpha value is -4.08. The Morgan fingerprint density at radius 1 is 0.952 bits per heavy atom. The zero-order chi connectivity index (χ0) is 29.8. The fourth-order valence-electron chi connectivity index (χ4n) is 4.56. The first-order valence-corrected chi connectivity index (χ1v) is 15.0. The maximum Gasteiger partial charge on any atom is 0.294 e. The lowest BCUT2D eigenvalue weighted by atomic mass is 10.1. The maximum absolute atomic E-state index is 13.1. The molecule has 1 heterocycles. The minimum Gasteiger partial charge on any atom is -0.490 e. The van der Waals surface area contributed by atoms with Crippen LogP contribution in [0.5, 0.6) is 11.5 Å². The van der Waals surface area contributed by atoms with Crippen molar-refractivity contribution in [3.05, 3.63) is 104 Å². The largest absolute Gasteiger partial charge is 0.490 e. The summed E-state index contributed by atoms with van der Waals surface area (Å²) in [5, 5.41) is 4.51. The molecular weight excluding hydrogens is 616 g/mol. The summed E-state index contributed by atoms with van der Waals surface area (Å²) in [5.41, 5.74) is 4.43. The lowest BCUT2D eigenvalue weighted by Crippen LogP contribution is -2.36. The molecule has 0 bridgehead atoms. The SMILES string of the molecule is CCOc1cc(/C=C2\SC(=O)N(CC(=O)Nc3ccc(C)c(C)c3)C2=O)c(Br)cc1OCc1cccc2ccccc12. The highest BCUT2D eigenvalue weighted by Crippen LogP contribution is 2.38. The summed E-state index contributed by atoms with van der Waals surface area (Å²) >= 11 is 4.38. The summed E-state index contributed by atoms with van der Waals surface area (Å²) in [4.78, 5) is 39.6. The van der Waals surface area contributed by atoms with Crippen LogP contribution in [0.3, 0.4) is 0 Å². The highest BCUT2D eigenvalue weighted by atomic mass is 79.9. The summed E-state index contributed by atoms with van der Waals surface area (Å²) in [6.45, 7) is 6.20. The van der Waals surface area contributed by atoms with Crippen LogP contribution in [0.25, 0.3) is 16.8 Å². The zero-order valence-corrected chi connectivity index (χ0v) is 25.8. The van der Waals surface area contributed by atoms with Gasteiger partial charge in [0.25, 0.3) is 11.1 Å². The van der Waals surface area contributed by atoms with Gasteiger partial charge in [-0.1, -0.05) is 64.5 Å². The van der Waals surface area contributed by atoms with Gasteiger partial charge < -0.3 is 14.8 Å². The molecule has 0 atom stereocenters. The van der Waals surface area contributed by atoms with Gasteiger partial charge in [0.05, 0.1) is 11.5 Å². The Morgan fingerprint density at radius 2 is 1.71 bits per heavy atom. The second-order valence-electron chi connectivity index (χ2n) is 9.80. The highest BCUT2D eigenvalue weighted by molar-refractivity contribution is 9.10. The van der Waals surface area contributed by atoms with Crippen LogP contribution in [-0.2, 0) is 16.2 Å². The molecule has 1 fully saturated rings. The second-order valence-corrected chi connectivity index (χ2v) is 11.6. The van der Waals surface area contributed by atoms with Crippen molar-refractivity contribution in [1.29, 1.82) is 0 Å². The number of aryl methyl sites for hydroxylation is 2. The van der Waals surface area contributed by atoms with Crippen LogP contribution in [0.15, 0.2) is 82.2 Å². The number of imide groups is 1. The molecule has 9 heteroatoms. The van der Waals surface area contributed by atoms with Crippen LogP contribution in [-0.4, -0.2) is 35.1 Å². The van der Waals surface area contributed by atoms with Crippen molar-refractivity contribution in [2.45, 2.75) is 27.4 Å². The number of rotatable bonds is 9. The highest BCUT2D eigenvalue weighted by Gasteiger charge is 2.36. The lowest BCUT2D eigenvalue weighted by molar-refractivity contribution is -0.127. The number of anilines is 1. The number of halogens is 1. The van der Waals surface area contributed by atoms with Crippen LogP contribution in [0.2, 0.25) is 0 Å². The predicted octanol–water partition coefficient (Wildman–Crippen LogP) is 7.87. The molecule has 0 saturated carbocycles. The molecule has 0 radical (unpaired) electrons. The van der Waals surface area contributed by atoms with Gasteiger partial charge in [0.2, 0.25) is 5.91 Å². The van der Waals surface area contributed by atoms with Crippen molar-refractivity contribution >= 4 is 67.3 Å². The van der Waals surface area contributed by atoms with Gasteiger partial charge in [0.1, 0.15) is 13.2 Å². The third kappa shape index (κ3) is 6.53. The Balaban J connectivity index is 1.32. The molecule has 3 amide bonds. The normalized spacial score (nSPS) is 14.1. The summed E-state index contributed by atoms with van der Waals surface area (Å²) in [5.74, 6) is 0.0832. The Labute approximate surface area is 257 Å². The molecular formula is C33H29BrN2O5S. The molecule has 7 nitrogen and oxygen atoms in total. The molecule has 1 saturated heterocycles. The van der Waals surface area contributed by atoms with Gasteiger partial charge in [-0.3, -0.25) is 19.3 Å². The number of hydrogen-bond acceptors (Lipinski definition) is 6. The van der Waals surface area contributed by atoms with E-state index >= 15 is 0 Å². The molecule has 0 unspecified atom stereocenters. The van der Waals surface area contributed by atoms with Gasteiger partial charge in [-0.05, 0) is 95.9 Å². The fourth-order valence-corrected chi connectivity index (χ4v) is 5.82. The minimum absolute atomic E-state index is 0.214. The van der Waals surface area contributed by atoms with E-state index in [9.17, 15) is 14.4 Å². The minimum atomic E-state index is -0.527. The van der Waals surface area contributed by atoms with Crippen molar-refractivity contribution in [2.75, 3.05) is 18.5 Å². The lowest BCUT2D eigenvalue weighted by Gasteiger charge is -2.15. The van der Waals surface area contributed by atoms with Crippen LogP contribution in [0.1, 0.15) is 29.2 Å². The number of nitrogens with zero attached hydrogens (tertiary/aromatic N) is 1. The number of fused-ring (bicyclic) bond motifs is 1. The average Bonchev–Trinajstić information content (AvgIpc) is 3.23. The number of carbonyl (C=O) groups excluding carboxylic acids is 3. The van der Waals surface area contributed by atoms with Crippen molar-refractivity contribution < 1.29 is 23.9 Å². The molecule has 1 N–H and O–H groups in total. The summed E-state index contributed by atoms with van der Waals surface area (Å²) in [6.07, 6.45) is 1.62. The summed E-state index contributed by atoms with van der Waals surface area (Å²) in [7, 11) is 0. The summed E-state index contributed by atoms with van der Waals surface area (Å²) in [6, 6.07) is 23.3. The molecule has 5 rings (SSSR count). The number of ether oxygens (including phenoxy) is 2. The Morgan fingerprint density at radius 3 is 2.50 bits per heavy atom. The molecule has 4 aromatic carbocycles. The predicted molar refractivity (Wildman–Crippen MR) is 171 cm³/mol. The molecule has 0 aliphatic carbocycles. The first-order valence-electron chi connectivity index (χ1n) is 13.4. The number of amides is 3. The Kier molecular flexibility index (Phi) is 8.99. The zero-order valence-electron chi connectivity index (χ0n) is 23.4. The third-order valence-electron chi connectivity index (χ3n) is 6.88. The first-order chi connectivity index (χ1) is 20.2. The maximum atomic E-state index is 13.1. The van der Waals surface area contributed by atoms with E-state index in [4.69, 9.17) is 9.47 Å². The van der Waals surface area contributed by atoms with Crippen molar-refractivity contribution in [3.63, 3.8) is 0 Å². The molecule has 4 aromatic rings. The summed E-state index contributed by atoms with van der Waals surface area (Å²) < 4.78 is 12.7. The van der Waals surface area contributed by atoms with E-state index in [0.29, 0.717) is 40.4 Å².